The highest BCUT2D eigenvalue weighted by Gasteiger charge is 2.15. The molecule has 88 valence electrons. The van der Waals surface area contributed by atoms with E-state index < -0.39 is 0 Å². The van der Waals surface area contributed by atoms with Crippen molar-refractivity contribution in [2.24, 2.45) is 0 Å². The Bertz CT molecular complexity index is 364. The molecule has 4 nitrogen and oxygen atoms in total. The molecule has 0 amide bonds. The lowest BCUT2D eigenvalue weighted by Gasteiger charge is -2.11. The van der Waals surface area contributed by atoms with E-state index in [-0.39, 0.29) is 17.8 Å². The third-order valence-corrected chi connectivity index (χ3v) is 2.29. The van der Waals surface area contributed by atoms with Gasteiger partial charge in [-0.2, -0.15) is 0 Å². The molecule has 1 heterocycles. The van der Waals surface area contributed by atoms with Crippen molar-refractivity contribution in [3.8, 4) is 5.88 Å². The summed E-state index contributed by atoms with van der Waals surface area (Å²) in [6, 6.07) is 1.73. The minimum absolute atomic E-state index is 0.0694. The highest BCUT2D eigenvalue weighted by molar-refractivity contribution is 5.84. The Balaban J connectivity index is 2.85. The molecule has 16 heavy (non-hydrogen) atoms. The average Bonchev–Trinajstić information content (AvgIpc) is 2.26. The largest absolute Gasteiger partial charge is 0.475 e. The highest BCUT2D eigenvalue weighted by Crippen LogP contribution is 2.18. The fourth-order valence-electron chi connectivity index (χ4n) is 1.37. The SMILES string of the molecule is CCC(=O)C(C)c1cc(OC(C)C)ncn1. The van der Waals surface area contributed by atoms with Crippen LogP contribution in [0.1, 0.15) is 45.7 Å². The van der Waals surface area contributed by atoms with Crippen LogP contribution in [0.3, 0.4) is 0 Å². The second-order valence-electron chi connectivity index (χ2n) is 3.99. The summed E-state index contributed by atoms with van der Waals surface area (Å²) in [4.78, 5) is 19.7. The highest BCUT2D eigenvalue weighted by atomic mass is 16.5. The van der Waals surface area contributed by atoms with Crippen LogP contribution in [0.4, 0.5) is 0 Å². The van der Waals surface area contributed by atoms with Gasteiger partial charge in [-0.05, 0) is 20.8 Å². The second-order valence-corrected chi connectivity index (χ2v) is 3.99. The summed E-state index contributed by atoms with van der Waals surface area (Å²) < 4.78 is 5.46. The molecule has 4 heteroatoms. The van der Waals surface area contributed by atoms with E-state index >= 15 is 0 Å². The van der Waals surface area contributed by atoms with Crippen molar-refractivity contribution in [2.75, 3.05) is 0 Å². The predicted octanol–water partition coefficient (Wildman–Crippen LogP) is 2.35. The third kappa shape index (κ3) is 3.29. The second kappa shape index (κ2) is 5.58. The summed E-state index contributed by atoms with van der Waals surface area (Å²) in [6.45, 7) is 7.57. The van der Waals surface area contributed by atoms with Crippen molar-refractivity contribution in [1.82, 2.24) is 9.97 Å². The number of nitrogens with zero attached hydrogens (tertiary/aromatic N) is 2. The molecule has 0 fully saturated rings. The van der Waals surface area contributed by atoms with E-state index in [9.17, 15) is 4.79 Å². The Morgan fingerprint density at radius 1 is 1.38 bits per heavy atom. The van der Waals surface area contributed by atoms with Crippen molar-refractivity contribution in [3.05, 3.63) is 18.1 Å². The molecule has 0 aliphatic carbocycles. The third-order valence-electron chi connectivity index (χ3n) is 2.29. The fourth-order valence-corrected chi connectivity index (χ4v) is 1.37. The molecule has 1 atom stereocenters. The van der Waals surface area contributed by atoms with Crippen molar-refractivity contribution in [3.63, 3.8) is 0 Å². The maximum absolute atomic E-state index is 11.5. The van der Waals surface area contributed by atoms with E-state index in [0.29, 0.717) is 12.3 Å². The molecule has 0 N–H and O–H groups in total. The summed E-state index contributed by atoms with van der Waals surface area (Å²) in [5, 5.41) is 0. The number of hydrogen-bond acceptors (Lipinski definition) is 4. The number of aromatic nitrogens is 2. The summed E-state index contributed by atoms with van der Waals surface area (Å²) in [6.07, 6.45) is 2.03. The Hall–Kier alpha value is -1.45. The Labute approximate surface area is 96.1 Å². The minimum atomic E-state index is -0.192. The van der Waals surface area contributed by atoms with Crippen LogP contribution < -0.4 is 4.74 Å². The van der Waals surface area contributed by atoms with Gasteiger partial charge in [0.2, 0.25) is 5.88 Å². The van der Waals surface area contributed by atoms with Gasteiger partial charge in [0.25, 0.3) is 0 Å². The van der Waals surface area contributed by atoms with Crippen LogP contribution in [0, 0.1) is 0 Å². The topological polar surface area (TPSA) is 52.1 Å². The van der Waals surface area contributed by atoms with E-state index in [1.54, 1.807) is 6.07 Å². The Morgan fingerprint density at radius 2 is 2.06 bits per heavy atom. The number of ketones is 1. The normalized spacial score (nSPS) is 12.6. The van der Waals surface area contributed by atoms with Gasteiger partial charge in [0.15, 0.2) is 0 Å². The lowest BCUT2D eigenvalue weighted by molar-refractivity contribution is -0.119. The zero-order valence-electron chi connectivity index (χ0n) is 10.2. The van der Waals surface area contributed by atoms with Crippen molar-refractivity contribution < 1.29 is 9.53 Å². The smallest absolute Gasteiger partial charge is 0.216 e. The Morgan fingerprint density at radius 3 is 2.62 bits per heavy atom. The molecule has 0 aliphatic rings. The maximum Gasteiger partial charge on any atom is 0.216 e. The van der Waals surface area contributed by atoms with Crippen LogP contribution in [0.15, 0.2) is 12.4 Å². The van der Waals surface area contributed by atoms with Crippen LogP contribution in [0.5, 0.6) is 5.88 Å². The van der Waals surface area contributed by atoms with Crippen molar-refractivity contribution >= 4 is 5.78 Å². The van der Waals surface area contributed by atoms with E-state index in [0.717, 1.165) is 5.69 Å². The van der Waals surface area contributed by atoms with Gasteiger partial charge in [-0.1, -0.05) is 6.92 Å². The number of carbonyl (C=O) groups excluding carboxylic acids is 1. The lowest BCUT2D eigenvalue weighted by Crippen LogP contribution is -2.11. The molecule has 0 aliphatic heterocycles. The van der Waals surface area contributed by atoms with Crippen molar-refractivity contribution in [2.45, 2.75) is 46.1 Å². The van der Waals surface area contributed by atoms with Crippen LogP contribution in [0.2, 0.25) is 0 Å². The zero-order chi connectivity index (χ0) is 12.1. The molecule has 0 bridgehead atoms. The molecule has 1 aromatic heterocycles. The summed E-state index contributed by atoms with van der Waals surface area (Å²) >= 11 is 0. The fraction of sp³-hybridized carbons (Fsp3) is 0.583. The van der Waals surface area contributed by atoms with Crippen LogP contribution in [0.25, 0.3) is 0 Å². The lowest BCUT2D eigenvalue weighted by atomic mass is 10.0. The number of hydrogen-bond donors (Lipinski definition) is 0. The first-order valence-corrected chi connectivity index (χ1v) is 5.55. The van der Waals surface area contributed by atoms with Gasteiger partial charge < -0.3 is 4.74 Å². The first-order valence-electron chi connectivity index (χ1n) is 5.55. The number of rotatable bonds is 5. The number of Topliss-reactive ketones (excluding diaryl/α,β-unsaturated/α-hetero) is 1. The minimum Gasteiger partial charge on any atom is -0.475 e. The van der Waals surface area contributed by atoms with Crippen LogP contribution in [-0.4, -0.2) is 21.9 Å². The molecule has 0 aromatic carbocycles. The molecule has 0 spiro atoms. The van der Waals surface area contributed by atoms with E-state index in [4.69, 9.17) is 4.74 Å². The Kier molecular flexibility index (Phi) is 4.40. The van der Waals surface area contributed by atoms with E-state index in [1.807, 2.05) is 27.7 Å². The summed E-state index contributed by atoms with van der Waals surface area (Å²) in [5.41, 5.74) is 0.720. The molecular formula is C12H18N2O2. The van der Waals surface area contributed by atoms with Gasteiger partial charge >= 0.3 is 0 Å². The monoisotopic (exact) mass is 222 g/mol. The predicted molar refractivity (Wildman–Crippen MR) is 61.5 cm³/mol. The van der Waals surface area contributed by atoms with Crippen LogP contribution >= 0.6 is 0 Å². The van der Waals surface area contributed by atoms with Gasteiger partial charge in [-0.3, -0.25) is 4.79 Å². The van der Waals surface area contributed by atoms with Gasteiger partial charge in [0.05, 0.1) is 17.7 Å². The van der Waals surface area contributed by atoms with E-state index in [1.165, 1.54) is 6.33 Å². The first-order chi connectivity index (χ1) is 7.54. The van der Waals surface area contributed by atoms with Gasteiger partial charge in [-0.15, -0.1) is 0 Å². The number of ether oxygens (including phenoxy) is 1. The zero-order valence-corrected chi connectivity index (χ0v) is 10.2. The number of carbonyl (C=O) groups is 1. The molecule has 0 radical (unpaired) electrons. The molecular weight excluding hydrogens is 204 g/mol. The molecule has 1 rings (SSSR count). The van der Waals surface area contributed by atoms with Crippen LogP contribution in [-0.2, 0) is 4.79 Å². The van der Waals surface area contributed by atoms with Gasteiger partial charge in [0.1, 0.15) is 12.1 Å². The van der Waals surface area contributed by atoms with Gasteiger partial charge in [0, 0.05) is 12.5 Å². The summed E-state index contributed by atoms with van der Waals surface area (Å²) in [5.74, 6) is 0.507. The molecule has 1 unspecified atom stereocenters. The average molecular weight is 222 g/mol. The summed E-state index contributed by atoms with van der Waals surface area (Å²) in [7, 11) is 0. The molecule has 0 saturated heterocycles. The maximum atomic E-state index is 11.5. The first kappa shape index (κ1) is 12.6. The quantitative estimate of drug-likeness (QED) is 0.767. The standard InChI is InChI=1S/C12H18N2O2/c1-5-11(15)9(4)10-6-12(14-7-13-10)16-8(2)3/h6-9H,5H2,1-4H3. The van der Waals surface area contributed by atoms with E-state index in [2.05, 4.69) is 9.97 Å². The molecule has 0 saturated carbocycles. The van der Waals surface area contributed by atoms with Gasteiger partial charge in [-0.25, -0.2) is 9.97 Å². The van der Waals surface area contributed by atoms with Crippen molar-refractivity contribution in [1.29, 1.82) is 0 Å². The molecule has 1 aromatic rings.